The molecule has 4 heteroatoms. The molecule has 1 amide bonds. The number of ether oxygens (including phenoxy) is 1. The van der Waals surface area contributed by atoms with E-state index < -0.39 is 0 Å². The van der Waals surface area contributed by atoms with Gasteiger partial charge in [-0.25, -0.2) is 0 Å². The number of hydrogen-bond donors (Lipinski definition) is 1. The van der Waals surface area contributed by atoms with Gasteiger partial charge in [-0.05, 0) is 26.2 Å². The van der Waals surface area contributed by atoms with Crippen molar-refractivity contribution in [2.24, 2.45) is 5.92 Å². The van der Waals surface area contributed by atoms with E-state index in [9.17, 15) is 4.79 Å². The number of amides is 1. The molecule has 1 heterocycles. The molecular formula is C11H22N2O2. The average molecular weight is 214 g/mol. The van der Waals surface area contributed by atoms with E-state index in [4.69, 9.17) is 4.74 Å². The minimum atomic E-state index is -0.115. The molecule has 88 valence electrons. The zero-order chi connectivity index (χ0) is 11.4. The molecule has 1 fully saturated rings. The summed E-state index contributed by atoms with van der Waals surface area (Å²) in [6, 6.07) is 0.224. The molecule has 1 aliphatic heterocycles. The smallest absolute Gasteiger partial charge is 0.238 e. The Bertz CT molecular complexity index is 213. The summed E-state index contributed by atoms with van der Waals surface area (Å²) in [4.78, 5) is 13.2. The molecule has 0 aromatic rings. The van der Waals surface area contributed by atoms with Crippen LogP contribution in [0, 0.1) is 5.92 Å². The SMILES string of the molecule is CC(NC(C)C1CCOC1)C(=O)N(C)C. The van der Waals surface area contributed by atoms with E-state index in [1.807, 2.05) is 6.92 Å². The first-order valence-corrected chi connectivity index (χ1v) is 5.57. The van der Waals surface area contributed by atoms with Crippen LogP contribution < -0.4 is 5.32 Å². The molecule has 3 unspecified atom stereocenters. The molecular weight excluding hydrogens is 192 g/mol. The van der Waals surface area contributed by atoms with E-state index >= 15 is 0 Å². The van der Waals surface area contributed by atoms with Crippen LogP contribution in [-0.4, -0.2) is 50.2 Å². The van der Waals surface area contributed by atoms with Crippen LogP contribution in [0.1, 0.15) is 20.3 Å². The third-order valence-corrected chi connectivity index (χ3v) is 3.00. The van der Waals surface area contributed by atoms with Gasteiger partial charge in [-0.2, -0.15) is 0 Å². The summed E-state index contributed by atoms with van der Waals surface area (Å²) < 4.78 is 5.33. The monoisotopic (exact) mass is 214 g/mol. The van der Waals surface area contributed by atoms with E-state index in [1.165, 1.54) is 0 Å². The topological polar surface area (TPSA) is 41.6 Å². The maximum atomic E-state index is 11.6. The molecule has 1 saturated heterocycles. The van der Waals surface area contributed by atoms with Gasteiger partial charge >= 0.3 is 0 Å². The largest absolute Gasteiger partial charge is 0.381 e. The summed E-state index contributed by atoms with van der Waals surface area (Å²) in [5, 5.41) is 3.33. The lowest BCUT2D eigenvalue weighted by Gasteiger charge is -2.25. The van der Waals surface area contributed by atoms with Crippen molar-refractivity contribution in [3.8, 4) is 0 Å². The molecule has 0 bridgehead atoms. The predicted molar refractivity (Wildman–Crippen MR) is 59.7 cm³/mol. The van der Waals surface area contributed by atoms with Crippen LogP contribution >= 0.6 is 0 Å². The highest BCUT2D eigenvalue weighted by Crippen LogP contribution is 2.16. The van der Waals surface area contributed by atoms with Gasteiger partial charge in [0, 0.05) is 26.7 Å². The lowest BCUT2D eigenvalue weighted by molar-refractivity contribution is -0.130. The normalized spacial score (nSPS) is 24.9. The Morgan fingerprint density at radius 3 is 2.60 bits per heavy atom. The van der Waals surface area contributed by atoms with Crippen LogP contribution in [0.3, 0.4) is 0 Å². The standard InChI is InChI=1S/C11H22N2O2/c1-8(10-5-6-15-7-10)12-9(2)11(14)13(3)4/h8-10,12H,5-7H2,1-4H3. The highest BCUT2D eigenvalue weighted by atomic mass is 16.5. The molecule has 0 aliphatic carbocycles. The highest BCUT2D eigenvalue weighted by molar-refractivity contribution is 5.80. The lowest BCUT2D eigenvalue weighted by Crippen LogP contribution is -2.47. The van der Waals surface area contributed by atoms with Crippen molar-refractivity contribution in [1.82, 2.24) is 10.2 Å². The fourth-order valence-corrected chi connectivity index (χ4v) is 1.94. The molecule has 3 atom stereocenters. The Morgan fingerprint density at radius 1 is 1.47 bits per heavy atom. The van der Waals surface area contributed by atoms with Gasteiger partial charge in [0.1, 0.15) is 0 Å². The highest BCUT2D eigenvalue weighted by Gasteiger charge is 2.25. The van der Waals surface area contributed by atoms with Crippen LogP contribution in [0.15, 0.2) is 0 Å². The molecule has 0 aromatic carbocycles. The van der Waals surface area contributed by atoms with Crippen molar-refractivity contribution in [2.45, 2.75) is 32.4 Å². The summed E-state index contributed by atoms with van der Waals surface area (Å²) in [6.45, 7) is 5.71. The summed E-state index contributed by atoms with van der Waals surface area (Å²) in [5.74, 6) is 0.670. The lowest BCUT2D eigenvalue weighted by atomic mass is 10.00. The molecule has 1 rings (SSSR count). The van der Waals surface area contributed by atoms with Crippen LogP contribution in [-0.2, 0) is 9.53 Å². The van der Waals surface area contributed by atoms with Crippen LogP contribution in [0.2, 0.25) is 0 Å². The Morgan fingerprint density at radius 2 is 2.13 bits per heavy atom. The fraction of sp³-hybridized carbons (Fsp3) is 0.909. The van der Waals surface area contributed by atoms with Crippen molar-refractivity contribution in [3.05, 3.63) is 0 Å². The summed E-state index contributed by atoms with van der Waals surface area (Å²) >= 11 is 0. The summed E-state index contributed by atoms with van der Waals surface area (Å²) in [6.07, 6.45) is 1.09. The molecule has 0 aromatic heterocycles. The van der Waals surface area contributed by atoms with Gasteiger partial charge in [0.2, 0.25) is 5.91 Å². The van der Waals surface area contributed by atoms with E-state index in [0.29, 0.717) is 12.0 Å². The molecule has 15 heavy (non-hydrogen) atoms. The molecule has 4 nitrogen and oxygen atoms in total. The maximum absolute atomic E-state index is 11.6. The quantitative estimate of drug-likeness (QED) is 0.740. The second-order valence-electron chi connectivity index (χ2n) is 4.53. The van der Waals surface area contributed by atoms with Gasteiger partial charge in [-0.1, -0.05) is 0 Å². The van der Waals surface area contributed by atoms with Crippen molar-refractivity contribution in [3.63, 3.8) is 0 Å². The van der Waals surface area contributed by atoms with E-state index in [0.717, 1.165) is 19.6 Å². The van der Waals surface area contributed by atoms with E-state index in [1.54, 1.807) is 19.0 Å². The van der Waals surface area contributed by atoms with Gasteiger partial charge in [0.25, 0.3) is 0 Å². The zero-order valence-electron chi connectivity index (χ0n) is 10.1. The number of hydrogen-bond acceptors (Lipinski definition) is 3. The van der Waals surface area contributed by atoms with Gasteiger partial charge in [-0.3, -0.25) is 4.79 Å². The Balaban J connectivity index is 2.36. The third-order valence-electron chi connectivity index (χ3n) is 3.00. The van der Waals surface area contributed by atoms with Crippen LogP contribution in [0.25, 0.3) is 0 Å². The van der Waals surface area contributed by atoms with Crippen LogP contribution in [0.4, 0.5) is 0 Å². The van der Waals surface area contributed by atoms with E-state index in [2.05, 4.69) is 12.2 Å². The summed E-state index contributed by atoms with van der Waals surface area (Å²) in [5.41, 5.74) is 0. The molecule has 0 saturated carbocycles. The van der Waals surface area contributed by atoms with E-state index in [-0.39, 0.29) is 11.9 Å². The van der Waals surface area contributed by atoms with Crippen molar-refractivity contribution in [1.29, 1.82) is 0 Å². The first kappa shape index (κ1) is 12.5. The average Bonchev–Trinajstić information content (AvgIpc) is 2.68. The van der Waals surface area contributed by atoms with Crippen molar-refractivity contribution < 1.29 is 9.53 Å². The number of nitrogens with zero attached hydrogens (tertiary/aromatic N) is 1. The maximum Gasteiger partial charge on any atom is 0.238 e. The predicted octanol–water partition coefficient (Wildman–Crippen LogP) is 0.478. The first-order chi connectivity index (χ1) is 7.02. The third kappa shape index (κ3) is 3.47. The van der Waals surface area contributed by atoms with Gasteiger partial charge in [0.05, 0.1) is 12.6 Å². The number of rotatable bonds is 4. The minimum Gasteiger partial charge on any atom is -0.381 e. The molecule has 0 spiro atoms. The number of nitrogens with one attached hydrogen (secondary N) is 1. The number of carbonyl (C=O) groups is 1. The molecule has 1 aliphatic rings. The number of likely N-dealkylation sites (N-methyl/N-ethyl adjacent to an activating group) is 1. The summed E-state index contributed by atoms with van der Waals surface area (Å²) in [7, 11) is 3.56. The first-order valence-electron chi connectivity index (χ1n) is 5.57. The minimum absolute atomic E-state index is 0.115. The van der Waals surface area contributed by atoms with Crippen molar-refractivity contribution >= 4 is 5.91 Å². The van der Waals surface area contributed by atoms with Crippen molar-refractivity contribution in [2.75, 3.05) is 27.3 Å². The molecule has 0 radical (unpaired) electrons. The Labute approximate surface area is 92.0 Å². The van der Waals surface area contributed by atoms with Gasteiger partial charge in [-0.15, -0.1) is 0 Å². The Kier molecular flexibility index (Phi) is 4.54. The van der Waals surface area contributed by atoms with Gasteiger partial charge < -0.3 is 15.0 Å². The van der Waals surface area contributed by atoms with Crippen LogP contribution in [0.5, 0.6) is 0 Å². The number of carbonyl (C=O) groups excluding carboxylic acids is 1. The second kappa shape index (κ2) is 5.47. The Hall–Kier alpha value is -0.610. The fourth-order valence-electron chi connectivity index (χ4n) is 1.94. The molecule has 1 N–H and O–H groups in total. The second-order valence-corrected chi connectivity index (χ2v) is 4.53. The van der Waals surface area contributed by atoms with Gasteiger partial charge in [0.15, 0.2) is 0 Å². The zero-order valence-corrected chi connectivity index (χ0v) is 10.1.